The Morgan fingerprint density at radius 2 is 1.82 bits per heavy atom. The van der Waals surface area contributed by atoms with Gasteiger partial charge in [-0.05, 0) is 23.3 Å². The maximum atomic E-state index is 13.0. The molecule has 0 bridgehead atoms. The van der Waals surface area contributed by atoms with Crippen LogP contribution in [0.2, 0.25) is 0 Å². The number of fused-ring (bicyclic) bond motifs is 2. The number of carbonyl (C=O) groups is 2. The highest BCUT2D eigenvalue weighted by molar-refractivity contribution is 5.85. The molecule has 7 nitrogen and oxygen atoms in total. The second-order valence-corrected chi connectivity index (χ2v) is 6.73. The lowest BCUT2D eigenvalue weighted by atomic mass is 9.94. The van der Waals surface area contributed by atoms with Crippen LogP contribution in [0.4, 0.5) is 0 Å². The van der Waals surface area contributed by atoms with Crippen LogP contribution >= 0.6 is 0 Å². The van der Waals surface area contributed by atoms with Crippen LogP contribution in [-0.4, -0.2) is 39.5 Å². The van der Waals surface area contributed by atoms with Gasteiger partial charge in [-0.25, -0.2) is 9.78 Å². The molecule has 0 saturated carbocycles. The van der Waals surface area contributed by atoms with E-state index in [0.717, 1.165) is 11.1 Å². The van der Waals surface area contributed by atoms with Gasteiger partial charge in [0.25, 0.3) is 5.56 Å². The van der Waals surface area contributed by atoms with E-state index in [-0.39, 0.29) is 18.0 Å². The summed E-state index contributed by atoms with van der Waals surface area (Å²) in [5.74, 6) is -0.795. The van der Waals surface area contributed by atoms with Crippen molar-refractivity contribution in [3.63, 3.8) is 0 Å². The summed E-state index contributed by atoms with van der Waals surface area (Å²) in [5, 5.41) is 0.450. The van der Waals surface area contributed by atoms with Crippen molar-refractivity contribution >= 4 is 22.8 Å². The van der Waals surface area contributed by atoms with E-state index in [1.165, 1.54) is 22.9 Å². The fourth-order valence-electron chi connectivity index (χ4n) is 3.59. The summed E-state index contributed by atoms with van der Waals surface area (Å²) < 4.78 is 6.18. The first kappa shape index (κ1) is 17.9. The maximum absolute atomic E-state index is 13.0. The topological polar surface area (TPSA) is 81.5 Å². The monoisotopic (exact) mass is 377 g/mol. The van der Waals surface area contributed by atoms with E-state index in [1.807, 2.05) is 24.3 Å². The predicted octanol–water partition coefficient (Wildman–Crippen LogP) is 1.52. The molecule has 0 N–H and O–H groups in total. The number of benzene rings is 2. The average Bonchev–Trinajstić information content (AvgIpc) is 2.74. The van der Waals surface area contributed by atoms with Crippen molar-refractivity contribution in [1.82, 2.24) is 14.5 Å². The minimum atomic E-state index is -0.712. The van der Waals surface area contributed by atoms with Gasteiger partial charge >= 0.3 is 5.97 Å². The lowest BCUT2D eigenvalue weighted by Gasteiger charge is -2.35. The van der Waals surface area contributed by atoms with Gasteiger partial charge in [0.2, 0.25) is 5.91 Å². The first-order valence-corrected chi connectivity index (χ1v) is 8.96. The zero-order valence-corrected chi connectivity index (χ0v) is 15.4. The number of hydrogen-bond donors (Lipinski definition) is 0. The van der Waals surface area contributed by atoms with Crippen LogP contribution in [0.3, 0.4) is 0 Å². The Balaban J connectivity index is 1.65. The van der Waals surface area contributed by atoms with E-state index in [0.29, 0.717) is 23.9 Å². The molecule has 142 valence electrons. The molecule has 4 rings (SSSR count). The van der Waals surface area contributed by atoms with Crippen LogP contribution < -0.4 is 5.56 Å². The van der Waals surface area contributed by atoms with Gasteiger partial charge in [-0.1, -0.05) is 36.4 Å². The van der Waals surface area contributed by atoms with Crippen LogP contribution in [-0.2, 0) is 33.8 Å². The zero-order valence-electron chi connectivity index (χ0n) is 15.4. The SMILES string of the molecule is COC(=O)[C@@H]1Cc2ccccc2CN1C(=O)Cn1cnc2ccccc2c1=O. The number of rotatable bonds is 3. The summed E-state index contributed by atoms with van der Waals surface area (Å²) in [6.07, 6.45) is 1.76. The first-order valence-electron chi connectivity index (χ1n) is 8.96. The third-order valence-electron chi connectivity index (χ3n) is 5.08. The number of carbonyl (C=O) groups excluding carboxylic acids is 2. The van der Waals surface area contributed by atoms with E-state index < -0.39 is 12.0 Å². The smallest absolute Gasteiger partial charge is 0.328 e. The van der Waals surface area contributed by atoms with Crippen molar-refractivity contribution in [2.45, 2.75) is 25.6 Å². The molecule has 0 unspecified atom stereocenters. The molecule has 1 atom stereocenters. The molecule has 0 aliphatic carbocycles. The first-order chi connectivity index (χ1) is 13.6. The molecular formula is C21H19N3O4. The van der Waals surface area contributed by atoms with Crippen molar-refractivity contribution in [3.05, 3.63) is 76.3 Å². The number of hydrogen-bond acceptors (Lipinski definition) is 5. The molecule has 0 radical (unpaired) electrons. The van der Waals surface area contributed by atoms with E-state index in [1.54, 1.807) is 24.3 Å². The van der Waals surface area contributed by atoms with Crippen molar-refractivity contribution in [1.29, 1.82) is 0 Å². The summed E-state index contributed by atoms with van der Waals surface area (Å²) in [6, 6.07) is 14.0. The molecule has 1 aromatic heterocycles. The van der Waals surface area contributed by atoms with Crippen LogP contribution in [0.1, 0.15) is 11.1 Å². The molecule has 2 aromatic carbocycles. The molecule has 1 aliphatic heterocycles. The molecular weight excluding hydrogens is 358 g/mol. The Kier molecular flexibility index (Phi) is 4.65. The highest BCUT2D eigenvalue weighted by atomic mass is 16.5. The summed E-state index contributed by atoms with van der Waals surface area (Å²) >= 11 is 0. The molecule has 0 saturated heterocycles. The second kappa shape index (κ2) is 7.26. The highest BCUT2D eigenvalue weighted by Gasteiger charge is 2.35. The molecule has 28 heavy (non-hydrogen) atoms. The molecule has 0 fully saturated rings. The number of nitrogens with zero attached hydrogens (tertiary/aromatic N) is 3. The van der Waals surface area contributed by atoms with Gasteiger partial charge in [-0.15, -0.1) is 0 Å². The van der Waals surface area contributed by atoms with Crippen molar-refractivity contribution in [2.24, 2.45) is 0 Å². The van der Waals surface area contributed by atoms with Crippen LogP contribution in [0, 0.1) is 0 Å². The summed E-state index contributed by atoms with van der Waals surface area (Å²) in [6.45, 7) is 0.108. The van der Waals surface area contributed by atoms with Gasteiger partial charge in [0.15, 0.2) is 0 Å². The highest BCUT2D eigenvalue weighted by Crippen LogP contribution is 2.24. The Morgan fingerprint density at radius 3 is 2.61 bits per heavy atom. The third kappa shape index (κ3) is 3.15. The lowest BCUT2D eigenvalue weighted by molar-refractivity contribution is -0.154. The largest absolute Gasteiger partial charge is 0.467 e. The molecule has 1 aliphatic rings. The van der Waals surface area contributed by atoms with Crippen LogP contribution in [0.15, 0.2) is 59.7 Å². The molecule has 1 amide bonds. The quantitative estimate of drug-likeness (QED) is 0.647. The molecule has 0 spiro atoms. The molecule has 2 heterocycles. The minimum absolute atomic E-state index is 0.188. The Hall–Kier alpha value is -3.48. The third-order valence-corrected chi connectivity index (χ3v) is 5.08. The fourth-order valence-corrected chi connectivity index (χ4v) is 3.59. The average molecular weight is 377 g/mol. The summed E-state index contributed by atoms with van der Waals surface area (Å²) in [4.78, 5) is 43.7. The number of aromatic nitrogens is 2. The number of methoxy groups -OCH3 is 1. The predicted molar refractivity (Wildman–Crippen MR) is 103 cm³/mol. The van der Waals surface area contributed by atoms with Crippen LogP contribution in [0.25, 0.3) is 10.9 Å². The number of esters is 1. The fraction of sp³-hybridized carbons (Fsp3) is 0.238. The summed E-state index contributed by atoms with van der Waals surface area (Å²) in [7, 11) is 1.31. The minimum Gasteiger partial charge on any atom is -0.467 e. The molecule has 7 heteroatoms. The van der Waals surface area contributed by atoms with E-state index in [9.17, 15) is 14.4 Å². The van der Waals surface area contributed by atoms with E-state index in [2.05, 4.69) is 4.98 Å². The number of amides is 1. The standard InChI is InChI=1S/C21H19N3O4/c1-28-21(27)18-10-14-6-2-3-7-15(14)11-24(18)19(25)12-23-13-22-17-9-5-4-8-16(17)20(23)26/h2-9,13,18H,10-12H2,1H3/t18-/m0/s1. The Morgan fingerprint density at radius 1 is 1.11 bits per heavy atom. The van der Waals surface area contributed by atoms with Gasteiger partial charge in [0.1, 0.15) is 12.6 Å². The van der Waals surface area contributed by atoms with Crippen LogP contribution in [0.5, 0.6) is 0 Å². The molecule has 3 aromatic rings. The number of ether oxygens (including phenoxy) is 1. The van der Waals surface area contributed by atoms with Crippen molar-refractivity contribution in [2.75, 3.05) is 7.11 Å². The summed E-state index contributed by atoms with van der Waals surface area (Å²) in [5.41, 5.74) is 2.30. The zero-order chi connectivity index (χ0) is 19.7. The number of para-hydroxylation sites is 1. The van der Waals surface area contributed by atoms with Gasteiger partial charge in [-0.3, -0.25) is 14.2 Å². The van der Waals surface area contributed by atoms with E-state index >= 15 is 0 Å². The lowest BCUT2D eigenvalue weighted by Crippen LogP contribution is -2.50. The van der Waals surface area contributed by atoms with Gasteiger partial charge in [0.05, 0.1) is 24.3 Å². The van der Waals surface area contributed by atoms with Gasteiger partial charge in [0, 0.05) is 13.0 Å². The van der Waals surface area contributed by atoms with Crippen molar-refractivity contribution < 1.29 is 14.3 Å². The Labute approximate surface area is 161 Å². The second-order valence-electron chi connectivity index (χ2n) is 6.73. The van der Waals surface area contributed by atoms with Gasteiger partial charge in [-0.2, -0.15) is 0 Å². The normalized spacial score (nSPS) is 15.9. The van der Waals surface area contributed by atoms with Gasteiger partial charge < -0.3 is 9.64 Å². The van der Waals surface area contributed by atoms with E-state index in [4.69, 9.17) is 4.74 Å². The maximum Gasteiger partial charge on any atom is 0.328 e. The Bertz CT molecular complexity index is 1120. The van der Waals surface area contributed by atoms with Crippen molar-refractivity contribution in [3.8, 4) is 0 Å².